The smallest absolute Gasteiger partial charge is 0.291 e. The molecule has 2 heterocycles. The first-order valence-electron chi connectivity index (χ1n) is 8.99. The second-order valence-corrected chi connectivity index (χ2v) is 7.02. The maximum Gasteiger partial charge on any atom is 0.291 e. The molecule has 1 saturated carbocycles. The minimum atomic E-state index is -2.78. The summed E-state index contributed by atoms with van der Waals surface area (Å²) in [5.41, 5.74) is 0.131. The van der Waals surface area contributed by atoms with Crippen LogP contribution < -0.4 is 5.32 Å². The zero-order valence-electron chi connectivity index (χ0n) is 15.1. The SMILES string of the molecule is Cc1cc(C(F)F)n2nc(C(=O)NC3(c4ccc(F)cc4)CCCC3)nc2n1. The van der Waals surface area contributed by atoms with Crippen molar-refractivity contribution >= 4 is 11.7 Å². The number of rotatable bonds is 4. The van der Waals surface area contributed by atoms with E-state index in [-0.39, 0.29) is 23.1 Å². The third-order valence-corrected chi connectivity index (χ3v) is 5.10. The number of amides is 1. The van der Waals surface area contributed by atoms with Crippen molar-refractivity contribution in [2.45, 2.75) is 44.6 Å². The molecule has 146 valence electrons. The summed E-state index contributed by atoms with van der Waals surface area (Å²) >= 11 is 0. The number of hydrogen-bond donors (Lipinski definition) is 1. The number of carbonyl (C=O) groups excluding carboxylic acids is 1. The standard InChI is InChI=1S/C19H18F3N5O/c1-11-10-14(15(21)22)27-18(23-11)24-16(26-27)17(28)25-19(8-2-3-9-19)12-4-6-13(20)7-5-12/h4-7,10,15H,2-3,8-9H2,1H3,(H,25,28). The summed E-state index contributed by atoms with van der Waals surface area (Å²) in [5.74, 6) is -1.21. The lowest BCUT2D eigenvalue weighted by Gasteiger charge is -2.30. The molecule has 1 fully saturated rings. The molecule has 1 N–H and O–H groups in total. The maximum absolute atomic E-state index is 13.3. The van der Waals surface area contributed by atoms with Gasteiger partial charge in [0, 0.05) is 5.69 Å². The maximum atomic E-state index is 13.3. The Kier molecular flexibility index (Phi) is 4.52. The number of benzene rings is 1. The molecule has 1 amide bonds. The summed E-state index contributed by atoms with van der Waals surface area (Å²) in [6.07, 6.45) is 0.426. The highest BCUT2D eigenvalue weighted by molar-refractivity contribution is 5.91. The van der Waals surface area contributed by atoms with Gasteiger partial charge in [-0.05, 0) is 43.5 Å². The average Bonchev–Trinajstić information content (AvgIpc) is 3.29. The van der Waals surface area contributed by atoms with Gasteiger partial charge in [0.25, 0.3) is 18.1 Å². The largest absolute Gasteiger partial charge is 0.340 e. The number of fused-ring (bicyclic) bond motifs is 1. The van der Waals surface area contributed by atoms with Crippen LogP contribution in [0.3, 0.4) is 0 Å². The lowest BCUT2D eigenvalue weighted by molar-refractivity contribution is 0.0886. The van der Waals surface area contributed by atoms with E-state index in [0.717, 1.165) is 22.9 Å². The minimum Gasteiger partial charge on any atom is -0.340 e. The first kappa shape index (κ1) is 18.4. The van der Waals surface area contributed by atoms with Gasteiger partial charge in [0.1, 0.15) is 11.5 Å². The summed E-state index contributed by atoms with van der Waals surface area (Å²) in [6.45, 7) is 1.57. The zero-order chi connectivity index (χ0) is 19.9. The number of halogens is 3. The van der Waals surface area contributed by atoms with Crippen molar-refractivity contribution in [3.8, 4) is 0 Å². The molecule has 1 aliphatic rings. The van der Waals surface area contributed by atoms with E-state index in [9.17, 15) is 18.0 Å². The van der Waals surface area contributed by atoms with Gasteiger partial charge in [0.2, 0.25) is 5.82 Å². The Morgan fingerprint density at radius 2 is 1.86 bits per heavy atom. The highest BCUT2D eigenvalue weighted by Crippen LogP contribution is 2.39. The predicted octanol–water partition coefficient (Wildman–Crippen LogP) is 3.71. The molecule has 6 nitrogen and oxygen atoms in total. The number of nitrogens with zero attached hydrogens (tertiary/aromatic N) is 4. The first-order chi connectivity index (χ1) is 13.4. The third-order valence-electron chi connectivity index (χ3n) is 5.10. The average molecular weight is 389 g/mol. The van der Waals surface area contributed by atoms with Crippen LogP contribution in [-0.2, 0) is 5.54 Å². The Morgan fingerprint density at radius 1 is 1.18 bits per heavy atom. The van der Waals surface area contributed by atoms with Gasteiger partial charge in [0.05, 0.1) is 5.54 Å². The third kappa shape index (κ3) is 3.21. The molecule has 1 aromatic carbocycles. The number of nitrogens with one attached hydrogen (secondary N) is 1. The van der Waals surface area contributed by atoms with E-state index in [1.165, 1.54) is 18.2 Å². The summed E-state index contributed by atoms with van der Waals surface area (Å²) in [5, 5.41) is 6.90. The van der Waals surface area contributed by atoms with Gasteiger partial charge in [-0.15, -0.1) is 5.10 Å². The van der Waals surface area contributed by atoms with Crippen molar-refractivity contribution in [2.75, 3.05) is 0 Å². The van der Waals surface area contributed by atoms with Gasteiger partial charge in [-0.3, -0.25) is 4.79 Å². The van der Waals surface area contributed by atoms with Crippen LogP contribution in [0.2, 0.25) is 0 Å². The Labute approximate surface area is 158 Å². The van der Waals surface area contributed by atoms with E-state index in [2.05, 4.69) is 20.4 Å². The Balaban J connectivity index is 1.69. The van der Waals surface area contributed by atoms with E-state index in [0.29, 0.717) is 18.5 Å². The van der Waals surface area contributed by atoms with Crippen LogP contribution in [0.4, 0.5) is 13.2 Å². The summed E-state index contributed by atoms with van der Waals surface area (Å²) in [6, 6.07) is 7.22. The van der Waals surface area contributed by atoms with Crippen molar-refractivity contribution in [1.82, 2.24) is 24.9 Å². The summed E-state index contributed by atoms with van der Waals surface area (Å²) < 4.78 is 40.8. The van der Waals surface area contributed by atoms with Gasteiger partial charge in [0.15, 0.2) is 0 Å². The van der Waals surface area contributed by atoms with Crippen LogP contribution in [-0.4, -0.2) is 25.5 Å². The lowest BCUT2D eigenvalue weighted by atomic mass is 9.88. The second kappa shape index (κ2) is 6.88. The van der Waals surface area contributed by atoms with Gasteiger partial charge in [-0.2, -0.15) is 9.50 Å². The zero-order valence-corrected chi connectivity index (χ0v) is 15.1. The molecule has 0 bridgehead atoms. The topological polar surface area (TPSA) is 72.2 Å². The van der Waals surface area contributed by atoms with Crippen molar-refractivity contribution in [1.29, 1.82) is 0 Å². The highest BCUT2D eigenvalue weighted by atomic mass is 19.3. The monoisotopic (exact) mass is 389 g/mol. The van der Waals surface area contributed by atoms with Gasteiger partial charge < -0.3 is 5.32 Å². The van der Waals surface area contributed by atoms with Crippen molar-refractivity contribution < 1.29 is 18.0 Å². The molecular weight excluding hydrogens is 371 g/mol. The van der Waals surface area contributed by atoms with Crippen molar-refractivity contribution in [3.63, 3.8) is 0 Å². The van der Waals surface area contributed by atoms with Gasteiger partial charge in [-0.25, -0.2) is 18.2 Å². The quantitative estimate of drug-likeness (QED) is 0.738. The van der Waals surface area contributed by atoms with Gasteiger partial charge in [-0.1, -0.05) is 25.0 Å². The van der Waals surface area contributed by atoms with Gasteiger partial charge >= 0.3 is 0 Å². The molecule has 28 heavy (non-hydrogen) atoms. The molecule has 1 aliphatic carbocycles. The molecule has 0 saturated heterocycles. The molecule has 0 spiro atoms. The second-order valence-electron chi connectivity index (χ2n) is 7.02. The van der Waals surface area contributed by atoms with E-state index in [1.807, 2.05) is 0 Å². The fraction of sp³-hybridized carbons (Fsp3) is 0.368. The number of hydrogen-bond acceptors (Lipinski definition) is 4. The summed E-state index contributed by atoms with van der Waals surface area (Å²) in [7, 11) is 0. The fourth-order valence-electron chi connectivity index (χ4n) is 3.77. The number of alkyl halides is 2. The Morgan fingerprint density at radius 3 is 2.50 bits per heavy atom. The van der Waals surface area contributed by atoms with Crippen LogP contribution in [0.5, 0.6) is 0 Å². The number of aromatic nitrogens is 4. The minimum absolute atomic E-state index is 0.0531. The van der Waals surface area contributed by atoms with Crippen molar-refractivity contribution in [3.05, 3.63) is 58.9 Å². The Bertz CT molecular complexity index is 1030. The normalized spacial score (nSPS) is 16.0. The molecule has 0 radical (unpaired) electrons. The molecule has 9 heteroatoms. The summed E-state index contributed by atoms with van der Waals surface area (Å²) in [4.78, 5) is 20.9. The molecule has 0 unspecified atom stereocenters. The van der Waals surface area contributed by atoms with E-state index in [1.54, 1.807) is 19.1 Å². The van der Waals surface area contributed by atoms with Crippen molar-refractivity contribution in [2.24, 2.45) is 0 Å². The number of carbonyl (C=O) groups is 1. The molecule has 0 aliphatic heterocycles. The highest BCUT2D eigenvalue weighted by Gasteiger charge is 2.38. The molecular formula is C19H18F3N5O. The molecule has 2 aromatic heterocycles. The van der Waals surface area contributed by atoms with E-state index in [4.69, 9.17) is 0 Å². The fourth-order valence-corrected chi connectivity index (χ4v) is 3.77. The van der Waals surface area contributed by atoms with Crippen LogP contribution in [0.25, 0.3) is 5.78 Å². The van der Waals surface area contributed by atoms with Crippen LogP contribution >= 0.6 is 0 Å². The Hall–Kier alpha value is -2.97. The van der Waals surface area contributed by atoms with E-state index >= 15 is 0 Å². The van der Waals surface area contributed by atoms with Crippen LogP contribution in [0.1, 0.15) is 59.7 Å². The number of aryl methyl sites for hydroxylation is 1. The molecule has 3 aromatic rings. The van der Waals surface area contributed by atoms with Crippen LogP contribution in [0, 0.1) is 12.7 Å². The lowest BCUT2D eigenvalue weighted by Crippen LogP contribution is -2.44. The molecule has 4 rings (SSSR count). The molecule has 0 atom stereocenters. The first-order valence-corrected chi connectivity index (χ1v) is 8.99. The van der Waals surface area contributed by atoms with Crippen LogP contribution in [0.15, 0.2) is 30.3 Å². The van der Waals surface area contributed by atoms with E-state index < -0.39 is 17.9 Å². The predicted molar refractivity (Wildman–Crippen MR) is 94.5 cm³/mol.